The predicted octanol–water partition coefficient (Wildman–Crippen LogP) is 1.18. The standard InChI is InChI=1S/C20H32N6O2S/c1-21-19(22-7-6-16-15-29-20(23-16)26-8-2-3-9-26)25-12-10-24(11-13-25)18(27)17-5-4-14-28-17/h15,17H,2-14H2,1H3,(H,21,22). The number of thiazole rings is 1. The molecule has 160 valence electrons. The number of nitrogens with one attached hydrogen (secondary N) is 1. The number of carbonyl (C=O) groups excluding carboxylic acids is 1. The van der Waals surface area contributed by atoms with E-state index in [-0.39, 0.29) is 12.0 Å². The van der Waals surface area contributed by atoms with Crippen LogP contribution in [-0.2, 0) is 16.0 Å². The van der Waals surface area contributed by atoms with Gasteiger partial charge >= 0.3 is 0 Å². The topological polar surface area (TPSA) is 73.3 Å². The molecule has 1 aromatic rings. The molecule has 4 rings (SSSR count). The normalized spacial score (nSPS) is 23.1. The van der Waals surface area contributed by atoms with Gasteiger partial charge in [-0.1, -0.05) is 0 Å². The van der Waals surface area contributed by atoms with Gasteiger partial charge in [-0.3, -0.25) is 9.79 Å². The molecule has 1 N–H and O–H groups in total. The minimum absolute atomic E-state index is 0.155. The van der Waals surface area contributed by atoms with Gasteiger partial charge in [0.25, 0.3) is 5.91 Å². The van der Waals surface area contributed by atoms with Crippen molar-refractivity contribution in [1.29, 1.82) is 0 Å². The van der Waals surface area contributed by atoms with Crippen molar-refractivity contribution in [2.75, 3.05) is 64.4 Å². The van der Waals surface area contributed by atoms with Gasteiger partial charge < -0.3 is 24.8 Å². The second-order valence-corrected chi connectivity index (χ2v) is 8.69. The Morgan fingerprint density at radius 2 is 1.97 bits per heavy atom. The summed E-state index contributed by atoms with van der Waals surface area (Å²) >= 11 is 1.75. The van der Waals surface area contributed by atoms with Crippen molar-refractivity contribution in [3.05, 3.63) is 11.1 Å². The molecule has 3 saturated heterocycles. The number of rotatable bonds is 5. The molecule has 29 heavy (non-hydrogen) atoms. The maximum absolute atomic E-state index is 12.5. The zero-order valence-corrected chi connectivity index (χ0v) is 18.1. The summed E-state index contributed by atoms with van der Waals surface area (Å²) in [7, 11) is 1.82. The molecule has 3 aliphatic rings. The van der Waals surface area contributed by atoms with Crippen LogP contribution >= 0.6 is 11.3 Å². The van der Waals surface area contributed by atoms with E-state index in [9.17, 15) is 4.79 Å². The lowest BCUT2D eigenvalue weighted by molar-refractivity contribution is -0.142. The average molecular weight is 421 g/mol. The smallest absolute Gasteiger partial charge is 0.251 e. The molecule has 1 aromatic heterocycles. The molecule has 0 saturated carbocycles. The Balaban J connectivity index is 1.20. The van der Waals surface area contributed by atoms with E-state index in [0.717, 1.165) is 81.9 Å². The quantitative estimate of drug-likeness (QED) is 0.570. The van der Waals surface area contributed by atoms with Gasteiger partial charge in [-0.05, 0) is 25.7 Å². The molecular weight excluding hydrogens is 388 g/mol. The molecule has 0 spiro atoms. The van der Waals surface area contributed by atoms with Gasteiger partial charge in [0.1, 0.15) is 6.10 Å². The molecular formula is C20H32N6O2S. The Hall–Kier alpha value is -1.87. The van der Waals surface area contributed by atoms with E-state index in [1.807, 2.05) is 11.9 Å². The predicted molar refractivity (Wildman–Crippen MR) is 116 cm³/mol. The molecule has 9 heteroatoms. The van der Waals surface area contributed by atoms with Gasteiger partial charge in [0, 0.05) is 71.3 Å². The van der Waals surface area contributed by atoms with E-state index in [1.165, 1.54) is 12.8 Å². The van der Waals surface area contributed by atoms with Crippen LogP contribution in [0.1, 0.15) is 31.4 Å². The number of anilines is 1. The van der Waals surface area contributed by atoms with Crippen molar-refractivity contribution in [2.24, 2.45) is 4.99 Å². The van der Waals surface area contributed by atoms with Crippen LogP contribution in [0.15, 0.2) is 10.4 Å². The first-order valence-corrected chi connectivity index (χ1v) is 11.7. The summed E-state index contributed by atoms with van der Waals surface area (Å²) in [5.74, 6) is 1.06. The largest absolute Gasteiger partial charge is 0.368 e. The van der Waals surface area contributed by atoms with Crippen molar-refractivity contribution in [2.45, 2.75) is 38.2 Å². The lowest BCUT2D eigenvalue weighted by Gasteiger charge is -2.37. The fourth-order valence-corrected chi connectivity index (χ4v) is 5.13. The number of aliphatic imine (C=N–C) groups is 1. The summed E-state index contributed by atoms with van der Waals surface area (Å²) in [5, 5.41) is 6.80. The molecule has 1 amide bonds. The molecule has 0 bridgehead atoms. The van der Waals surface area contributed by atoms with Gasteiger partial charge in [0.05, 0.1) is 5.69 Å². The van der Waals surface area contributed by atoms with Crippen LogP contribution in [0, 0.1) is 0 Å². The third kappa shape index (κ3) is 5.01. The molecule has 3 fully saturated rings. The first-order chi connectivity index (χ1) is 14.2. The minimum Gasteiger partial charge on any atom is -0.368 e. The number of hydrogen-bond donors (Lipinski definition) is 1. The Kier molecular flexibility index (Phi) is 6.86. The van der Waals surface area contributed by atoms with E-state index < -0.39 is 0 Å². The monoisotopic (exact) mass is 420 g/mol. The second kappa shape index (κ2) is 9.75. The first kappa shape index (κ1) is 20.4. The van der Waals surface area contributed by atoms with E-state index in [4.69, 9.17) is 9.72 Å². The number of carbonyl (C=O) groups is 1. The summed E-state index contributed by atoms with van der Waals surface area (Å²) in [6, 6.07) is 0. The second-order valence-electron chi connectivity index (χ2n) is 7.85. The van der Waals surface area contributed by atoms with Crippen LogP contribution in [0.25, 0.3) is 0 Å². The fraction of sp³-hybridized carbons (Fsp3) is 0.750. The summed E-state index contributed by atoms with van der Waals surface area (Å²) < 4.78 is 5.54. The van der Waals surface area contributed by atoms with Crippen LogP contribution in [0.3, 0.4) is 0 Å². The average Bonchev–Trinajstić information content (AvgIpc) is 3.53. The lowest BCUT2D eigenvalue weighted by atomic mass is 10.2. The third-order valence-corrected chi connectivity index (χ3v) is 6.84. The molecule has 0 aliphatic carbocycles. The Labute approximate surface area is 176 Å². The van der Waals surface area contributed by atoms with Crippen molar-refractivity contribution < 1.29 is 9.53 Å². The Bertz CT molecular complexity index is 704. The third-order valence-electron chi connectivity index (χ3n) is 5.89. The summed E-state index contributed by atoms with van der Waals surface area (Å²) in [5.41, 5.74) is 1.15. The maximum atomic E-state index is 12.5. The summed E-state index contributed by atoms with van der Waals surface area (Å²) in [6.07, 6.45) is 5.08. The van der Waals surface area contributed by atoms with Gasteiger partial charge in [-0.2, -0.15) is 0 Å². The van der Waals surface area contributed by atoms with Crippen LogP contribution in [0.5, 0.6) is 0 Å². The van der Waals surface area contributed by atoms with Crippen molar-refractivity contribution in [1.82, 2.24) is 20.1 Å². The number of ether oxygens (including phenoxy) is 1. The molecule has 1 unspecified atom stereocenters. The van der Waals surface area contributed by atoms with Crippen molar-refractivity contribution in [3.8, 4) is 0 Å². The summed E-state index contributed by atoms with van der Waals surface area (Å²) in [6.45, 7) is 6.85. The number of piperazine rings is 1. The highest BCUT2D eigenvalue weighted by Crippen LogP contribution is 2.24. The number of amides is 1. The highest BCUT2D eigenvalue weighted by Gasteiger charge is 2.30. The lowest BCUT2D eigenvalue weighted by Crippen LogP contribution is -2.55. The highest BCUT2D eigenvalue weighted by atomic mass is 32.1. The zero-order valence-electron chi connectivity index (χ0n) is 17.3. The van der Waals surface area contributed by atoms with Crippen molar-refractivity contribution >= 4 is 28.3 Å². The molecule has 4 heterocycles. The minimum atomic E-state index is -0.220. The van der Waals surface area contributed by atoms with Crippen molar-refractivity contribution in [3.63, 3.8) is 0 Å². The highest BCUT2D eigenvalue weighted by molar-refractivity contribution is 7.13. The van der Waals surface area contributed by atoms with Gasteiger partial charge in [-0.15, -0.1) is 11.3 Å². The van der Waals surface area contributed by atoms with Crippen LogP contribution in [-0.4, -0.2) is 92.2 Å². The van der Waals surface area contributed by atoms with Gasteiger partial charge in [0.15, 0.2) is 11.1 Å². The SMILES string of the molecule is CN=C(NCCc1csc(N2CCCC2)n1)N1CCN(C(=O)C2CCCO2)CC1. The van der Waals surface area contributed by atoms with E-state index in [2.05, 4.69) is 25.5 Å². The molecule has 3 aliphatic heterocycles. The number of nitrogens with zero attached hydrogens (tertiary/aromatic N) is 5. The van der Waals surface area contributed by atoms with Crippen LogP contribution < -0.4 is 10.2 Å². The van der Waals surface area contributed by atoms with E-state index in [1.54, 1.807) is 11.3 Å². The van der Waals surface area contributed by atoms with Gasteiger partial charge in [-0.25, -0.2) is 4.98 Å². The molecule has 0 radical (unpaired) electrons. The molecule has 1 atom stereocenters. The van der Waals surface area contributed by atoms with E-state index in [0.29, 0.717) is 6.61 Å². The number of hydrogen-bond acceptors (Lipinski definition) is 6. The Morgan fingerprint density at radius 1 is 1.21 bits per heavy atom. The first-order valence-electron chi connectivity index (χ1n) is 10.8. The Morgan fingerprint density at radius 3 is 2.66 bits per heavy atom. The zero-order chi connectivity index (χ0) is 20.1. The fourth-order valence-electron chi connectivity index (χ4n) is 4.21. The number of aromatic nitrogens is 1. The number of guanidine groups is 1. The maximum Gasteiger partial charge on any atom is 0.251 e. The summed E-state index contributed by atoms with van der Waals surface area (Å²) in [4.78, 5) is 28.3. The van der Waals surface area contributed by atoms with Crippen LogP contribution in [0.2, 0.25) is 0 Å². The molecule has 0 aromatic carbocycles. The van der Waals surface area contributed by atoms with Gasteiger partial charge in [0.2, 0.25) is 0 Å². The molecule has 8 nitrogen and oxygen atoms in total. The van der Waals surface area contributed by atoms with E-state index >= 15 is 0 Å². The van der Waals surface area contributed by atoms with Crippen LogP contribution in [0.4, 0.5) is 5.13 Å².